The number of nitrogens with zero attached hydrogens (tertiary/aromatic N) is 1. The summed E-state index contributed by atoms with van der Waals surface area (Å²) in [5.41, 5.74) is 7.19. The number of halogens is 1. The Hall–Kier alpha value is -1.62. The zero-order valence-corrected chi connectivity index (χ0v) is 10.4. The molecule has 2 rings (SSSR count). The van der Waals surface area contributed by atoms with Crippen molar-refractivity contribution in [3.8, 4) is 0 Å². The second kappa shape index (κ2) is 5.35. The molecule has 1 aromatic rings. The molecule has 3 N–H and O–H groups in total. The summed E-state index contributed by atoms with van der Waals surface area (Å²) in [7, 11) is 0. The summed E-state index contributed by atoms with van der Waals surface area (Å²) in [6.45, 7) is 3.96. The van der Waals surface area contributed by atoms with Crippen molar-refractivity contribution < 1.29 is 9.18 Å². The standard InChI is InChI=1S/C13H18FN3O/c1-9(18)16-12-4-5-17(8-12)7-10-2-3-11(14)6-13(10)15/h2-3,6,12H,4-5,7-8,15H2,1H3,(H,16,18). The highest BCUT2D eigenvalue weighted by Gasteiger charge is 2.23. The van der Waals surface area contributed by atoms with Gasteiger partial charge in [-0.25, -0.2) is 4.39 Å². The van der Waals surface area contributed by atoms with Gasteiger partial charge in [-0.05, 0) is 24.1 Å². The van der Waals surface area contributed by atoms with Crippen molar-refractivity contribution in [3.05, 3.63) is 29.6 Å². The molecule has 4 nitrogen and oxygen atoms in total. The number of hydrogen-bond acceptors (Lipinski definition) is 3. The van der Waals surface area contributed by atoms with Gasteiger partial charge in [-0.2, -0.15) is 0 Å². The van der Waals surface area contributed by atoms with Crippen molar-refractivity contribution in [2.75, 3.05) is 18.8 Å². The van der Waals surface area contributed by atoms with E-state index in [0.717, 1.165) is 25.1 Å². The smallest absolute Gasteiger partial charge is 0.217 e. The van der Waals surface area contributed by atoms with Crippen molar-refractivity contribution in [2.45, 2.75) is 25.9 Å². The van der Waals surface area contributed by atoms with E-state index in [1.807, 2.05) is 0 Å². The van der Waals surface area contributed by atoms with E-state index in [0.29, 0.717) is 12.2 Å². The van der Waals surface area contributed by atoms with E-state index in [1.165, 1.54) is 19.1 Å². The maximum absolute atomic E-state index is 12.9. The molecule has 0 aromatic heterocycles. The van der Waals surface area contributed by atoms with E-state index >= 15 is 0 Å². The Morgan fingerprint density at radius 1 is 1.61 bits per heavy atom. The van der Waals surface area contributed by atoms with E-state index in [9.17, 15) is 9.18 Å². The number of nitrogens with two attached hydrogens (primary N) is 1. The number of anilines is 1. The van der Waals surface area contributed by atoms with Crippen LogP contribution in [0.4, 0.5) is 10.1 Å². The first-order chi connectivity index (χ1) is 8.54. The minimum atomic E-state index is -0.311. The van der Waals surface area contributed by atoms with Gasteiger partial charge in [-0.1, -0.05) is 6.07 Å². The van der Waals surface area contributed by atoms with Gasteiger partial charge in [0.1, 0.15) is 5.82 Å². The highest BCUT2D eigenvalue weighted by molar-refractivity contribution is 5.73. The molecule has 1 heterocycles. The Morgan fingerprint density at radius 2 is 2.39 bits per heavy atom. The van der Waals surface area contributed by atoms with Crippen molar-refractivity contribution in [3.63, 3.8) is 0 Å². The quantitative estimate of drug-likeness (QED) is 0.791. The monoisotopic (exact) mass is 251 g/mol. The lowest BCUT2D eigenvalue weighted by Gasteiger charge is -2.17. The zero-order chi connectivity index (χ0) is 13.1. The number of benzene rings is 1. The third kappa shape index (κ3) is 3.20. The number of hydrogen-bond donors (Lipinski definition) is 2. The molecule has 5 heteroatoms. The predicted molar refractivity (Wildman–Crippen MR) is 68.3 cm³/mol. The van der Waals surface area contributed by atoms with Crippen LogP contribution in [0.15, 0.2) is 18.2 Å². The molecule has 1 fully saturated rings. The lowest BCUT2D eigenvalue weighted by molar-refractivity contribution is -0.119. The van der Waals surface area contributed by atoms with Crippen LogP contribution >= 0.6 is 0 Å². The molecular weight excluding hydrogens is 233 g/mol. The van der Waals surface area contributed by atoms with Crippen LogP contribution < -0.4 is 11.1 Å². The van der Waals surface area contributed by atoms with E-state index in [1.54, 1.807) is 6.07 Å². The van der Waals surface area contributed by atoms with Gasteiger partial charge < -0.3 is 11.1 Å². The van der Waals surface area contributed by atoms with Crippen molar-refractivity contribution >= 4 is 11.6 Å². The largest absolute Gasteiger partial charge is 0.398 e. The number of amides is 1. The SMILES string of the molecule is CC(=O)NC1CCN(Cc2ccc(F)cc2N)C1. The van der Waals surface area contributed by atoms with Crippen LogP contribution in [0.1, 0.15) is 18.9 Å². The number of carbonyl (C=O) groups excluding carboxylic acids is 1. The highest BCUT2D eigenvalue weighted by Crippen LogP contribution is 2.18. The molecule has 98 valence electrons. The van der Waals surface area contributed by atoms with Gasteiger partial charge in [0.05, 0.1) is 0 Å². The third-order valence-electron chi connectivity index (χ3n) is 3.18. The molecule has 1 amide bonds. The molecule has 0 spiro atoms. The van der Waals surface area contributed by atoms with Crippen LogP contribution in [-0.2, 0) is 11.3 Å². The second-order valence-electron chi connectivity index (χ2n) is 4.76. The molecule has 1 aromatic carbocycles. The maximum Gasteiger partial charge on any atom is 0.217 e. The summed E-state index contributed by atoms with van der Waals surface area (Å²) in [6.07, 6.45) is 0.945. The van der Waals surface area contributed by atoms with Gasteiger partial charge >= 0.3 is 0 Å². The van der Waals surface area contributed by atoms with E-state index in [4.69, 9.17) is 5.73 Å². The third-order valence-corrected chi connectivity index (χ3v) is 3.18. The van der Waals surface area contributed by atoms with E-state index in [-0.39, 0.29) is 17.8 Å². The van der Waals surface area contributed by atoms with Gasteiger partial charge in [0.15, 0.2) is 0 Å². The molecule has 0 bridgehead atoms. The Balaban J connectivity index is 1.93. The van der Waals surface area contributed by atoms with Crippen LogP contribution in [0.3, 0.4) is 0 Å². The average Bonchev–Trinajstić information content (AvgIpc) is 2.69. The number of carbonyl (C=O) groups is 1. The Labute approximate surface area is 106 Å². The lowest BCUT2D eigenvalue weighted by Crippen LogP contribution is -2.35. The molecule has 0 aliphatic carbocycles. The number of nitrogens with one attached hydrogen (secondary N) is 1. The number of rotatable bonds is 3. The van der Waals surface area contributed by atoms with Gasteiger partial charge in [-0.15, -0.1) is 0 Å². The summed E-state index contributed by atoms with van der Waals surface area (Å²) in [5.74, 6) is -0.308. The predicted octanol–water partition coefficient (Wildman–Crippen LogP) is 1.12. The summed E-state index contributed by atoms with van der Waals surface area (Å²) in [6, 6.07) is 4.70. The Kier molecular flexibility index (Phi) is 3.81. The normalized spacial score (nSPS) is 20.0. The van der Waals surface area contributed by atoms with Gasteiger partial charge in [0, 0.05) is 38.3 Å². The molecule has 0 saturated carbocycles. The minimum absolute atomic E-state index is 0.00291. The fourth-order valence-corrected chi connectivity index (χ4v) is 2.33. The first kappa shape index (κ1) is 12.8. The summed E-state index contributed by atoms with van der Waals surface area (Å²) in [5, 5.41) is 2.91. The first-order valence-electron chi connectivity index (χ1n) is 6.08. The highest BCUT2D eigenvalue weighted by atomic mass is 19.1. The molecule has 1 saturated heterocycles. The van der Waals surface area contributed by atoms with Gasteiger partial charge in [0.2, 0.25) is 5.91 Å². The van der Waals surface area contributed by atoms with Gasteiger partial charge in [0.25, 0.3) is 0 Å². The lowest BCUT2D eigenvalue weighted by atomic mass is 10.1. The summed E-state index contributed by atoms with van der Waals surface area (Å²) < 4.78 is 12.9. The maximum atomic E-state index is 12.9. The molecule has 0 radical (unpaired) electrons. The van der Waals surface area contributed by atoms with Crippen LogP contribution in [0.5, 0.6) is 0 Å². The van der Waals surface area contributed by atoms with Crippen LogP contribution in [0.2, 0.25) is 0 Å². The zero-order valence-electron chi connectivity index (χ0n) is 10.4. The summed E-state index contributed by atoms with van der Waals surface area (Å²) in [4.78, 5) is 13.2. The van der Waals surface area contributed by atoms with E-state index < -0.39 is 0 Å². The van der Waals surface area contributed by atoms with Crippen LogP contribution in [-0.4, -0.2) is 29.9 Å². The Morgan fingerprint density at radius 3 is 3.06 bits per heavy atom. The molecule has 18 heavy (non-hydrogen) atoms. The Bertz CT molecular complexity index is 450. The molecule has 1 aliphatic rings. The van der Waals surface area contributed by atoms with Crippen molar-refractivity contribution in [1.82, 2.24) is 10.2 Å². The van der Waals surface area contributed by atoms with Crippen LogP contribution in [0.25, 0.3) is 0 Å². The minimum Gasteiger partial charge on any atom is -0.398 e. The van der Waals surface area contributed by atoms with Crippen molar-refractivity contribution in [1.29, 1.82) is 0 Å². The molecule has 1 unspecified atom stereocenters. The fraction of sp³-hybridized carbons (Fsp3) is 0.462. The van der Waals surface area contributed by atoms with Crippen LogP contribution in [0, 0.1) is 5.82 Å². The first-order valence-corrected chi connectivity index (χ1v) is 6.08. The average molecular weight is 251 g/mol. The summed E-state index contributed by atoms with van der Waals surface area (Å²) >= 11 is 0. The molecule has 1 atom stereocenters. The van der Waals surface area contributed by atoms with Gasteiger partial charge in [-0.3, -0.25) is 9.69 Å². The molecular formula is C13H18FN3O. The number of nitrogen functional groups attached to an aromatic ring is 1. The second-order valence-corrected chi connectivity index (χ2v) is 4.76. The van der Waals surface area contributed by atoms with Crippen molar-refractivity contribution in [2.24, 2.45) is 0 Å². The fourth-order valence-electron chi connectivity index (χ4n) is 2.33. The topological polar surface area (TPSA) is 58.4 Å². The van der Waals surface area contributed by atoms with E-state index in [2.05, 4.69) is 10.2 Å². The molecule has 1 aliphatic heterocycles. The number of likely N-dealkylation sites (tertiary alicyclic amines) is 1.